The van der Waals surface area contributed by atoms with Gasteiger partial charge in [-0.15, -0.1) is 0 Å². The molecule has 1 aromatic carbocycles. The van der Waals surface area contributed by atoms with Gasteiger partial charge in [0.1, 0.15) is 5.75 Å². The standard InChI is InChI=1S/C12H16BrNO/c1-12(2)10(11(12)14)7-4-5-8(13)9(6-7)15-3/h4-6,10-11H,14H2,1-3H3/t10-,11-/m1/s1. The fourth-order valence-electron chi connectivity index (χ4n) is 2.18. The Morgan fingerprint density at radius 2 is 2.00 bits per heavy atom. The maximum atomic E-state index is 6.05. The van der Waals surface area contributed by atoms with E-state index in [1.54, 1.807) is 7.11 Å². The molecule has 0 amide bonds. The first-order valence-electron chi connectivity index (χ1n) is 5.07. The quantitative estimate of drug-likeness (QED) is 0.896. The SMILES string of the molecule is COc1cc([C@@H]2[C@@H](N)C2(C)C)ccc1Br. The van der Waals surface area contributed by atoms with Gasteiger partial charge >= 0.3 is 0 Å². The lowest BCUT2D eigenvalue weighted by molar-refractivity contribution is 0.411. The van der Waals surface area contributed by atoms with Crippen LogP contribution in [0, 0.1) is 5.41 Å². The van der Waals surface area contributed by atoms with Crippen LogP contribution in [0.25, 0.3) is 0 Å². The van der Waals surface area contributed by atoms with E-state index >= 15 is 0 Å². The van der Waals surface area contributed by atoms with Gasteiger partial charge in [0.25, 0.3) is 0 Å². The highest BCUT2D eigenvalue weighted by molar-refractivity contribution is 9.10. The van der Waals surface area contributed by atoms with Crippen LogP contribution >= 0.6 is 15.9 Å². The van der Waals surface area contributed by atoms with Gasteiger partial charge in [-0.05, 0) is 39.0 Å². The van der Waals surface area contributed by atoms with E-state index in [1.165, 1.54) is 5.56 Å². The van der Waals surface area contributed by atoms with Crippen molar-refractivity contribution in [1.29, 1.82) is 0 Å². The Kier molecular flexibility index (Phi) is 2.55. The zero-order chi connectivity index (χ0) is 11.2. The third-order valence-electron chi connectivity index (χ3n) is 3.44. The van der Waals surface area contributed by atoms with E-state index in [9.17, 15) is 0 Å². The van der Waals surface area contributed by atoms with E-state index in [4.69, 9.17) is 10.5 Å². The smallest absolute Gasteiger partial charge is 0.133 e. The van der Waals surface area contributed by atoms with Gasteiger partial charge in [-0.2, -0.15) is 0 Å². The number of rotatable bonds is 2. The minimum atomic E-state index is 0.221. The van der Waals surface area contributed by atoms with Gasteiger partial charge in [0.2, 0.25) is 0 Å². The summed E-state index contributed by atoms with van der Waals surface area (Å²) in [5, 5.41) is 0. The number of nitrogens with two attached hydrogens (primary N) is 1. The number of hydrogen-bond donors (Lipinski definition) is 1. The molecule has 1 saturated carbocycles. The molecule has 0 saturated heterocycles. The number of methoxy groups -OCH3 is 1. The molecule has 1 aliphatic rings. The van der Waals surface area contributed by atoms with Gasteiger partial charge in [0, 0.05) is 12.0 Å². The lowest BCUT2D eigenvalue weighted by Gasteiger charge is -2.07. The average Bonchev–Trinajstić information content (AvgIpc) is 2.68. The molecule has 2 atom stereocenters. The van der Waals surface area contributed by atoms with Crippen LogP contribution < -0.4 is 10.5 Å². The highest BCUT2D eigenvalue weighted by Gasteiger charge is 2.56. The fraction of sp³-hybridized carbons (Fsp3) is 0.500. The number of halogens is 1. The molecule has 1 aromatic rings. The summed E-state index contributed by atoms with van der Waals surface area (Å²) in [6.07, 6.45) is 0. The van der Waals surface area contributed by atoms with Gasteiger partial charge in [-0.25, -0.2) is 0 Å². The molecule has 2 N–H and O–H groups in total. The summed E-state index contributed by atoms with van der Waals surface area (Å²) < 4.78 is 6.27. The van der Waals surface area contributed by atoms with Crippen molar-refractivity contribution in [3.63, 3.8) is 0 Å². The normalized spacial score (nSPS) is 27.5. The second-order valence-corrected chi connectivity index (χ2v) is 5.57. The molecular weight excluding hydrogens is 254 g/mol. The summed E-state index contributed by atoms with van der Waals surface area (Å²) in [4.78, 5) is 0. The maximum absolute atomic E-state index is 6.05. The maximum Gasteiger partial charge on any atom is 0.133 e. The first-order chi connectivity index (χ1) is 6.98. The monoisotopic (exact) mass is 269 g/mol. The van der Waals surface area contributed by atoms with Gasteiger partial charge in [0.15, 0.2) is 0 Å². The molecule has 2 rings (SSSR count). The molecule has 1 aliphatic carbocycles. The van der Waals surface area contributed by atoms with Gasteiger partial charge < -0.3 is 10.5 Å². The predicted octanol–water partition coefficient (Wildman–Crippen LogP) is 2.91. The second kappa shape index (κ2) is 3.49. The Bertz CT molecular complexity index is 389. The van der Waals surface area contributed by atoms with Crippen molar-refractivity contribution in [3.05, 3.63) is 28.2 Å². The van der Waals surface area contributed by atoms with Crippen molar-refractivity contribution in [2.75, 3.05) is 7.11 Å². The lowest BCUT2D eigenvalue weighted by Crippen LogP contribution is -2.06. The summed E-state index contributed by atoms with van der Waals surface area (Å²) in [6, 6.07) is 6.48. The molecule has 0 radical (unpaired) electrons. The Morgan fingerprint density at radius 1 is 1.40 bits per heavy atom. The van der Waals surface area contributed by atoms with E-state index < -0.39 is 0 Å². The van der Waals surface area contributed by atoms with Crippen molar-refractivity contribution < 1.29 is 4.74 Å². The first kappa shape index (κ1) is 11.0. The van der Waals surface area contributed by atoms with E-state index in [2.05, 4.69) is 41.9 Å². The molecule has 1 fully saturated rings. The van der Waals surface area contributed by atoms with Crippen LogP contribution in [-0.2, 0) is 0 Å². The predicted molar refractivity (Wildman–Crippen MR) is 65.2 cm³/mol. The molecular formula is C12H16BrNO. The summed E-state index contributed by atoms with van der Waals surface area (Å²) in [6.45, 7) is 4.41. The molecule has 0 bridgehead atoms. The molecule has 82 valence electrons. The number of ether oxygens (including phenoxy) is 1. The highest BCUT2D eigenvalue weighted by Crippen LogP contribution is 2.57. The first-order valence-corrected chi connectivity index (χ1v) is 5.87. The Morgan fingerprint density at radius 3 is 2.47 bits per heavy atom. The molecule has 0 spiro atoms. The second-order valence-electron chi connectivity index (χ2n) is 4.72. The zero-order valence-corrected chi connectivity index (χ0v) is 10.8. The minimum Gasteiger partial charge on any atom is -0.496 e. The van der Waals surface area contributed by atoms with Crippen LogP contribution in [0.15, 0.2) is 22.7 Å². The Labute approximate surface area is 98.9 Å². The molecule has 0 aromatic heterocycles. The van der Waals surface area contributed by atoms with Gasteiger partial charge in [0.05, 0.1) is 11.6 Å². The zero-order valence-electron chi connectivity index (χ0n) is 9.25. The molecule has 0 unspecified atom stereocenters. The third-order valence-corrected chi connectivity index (χ3v) is 4.10. The van der Waals surface area contributed by atoms with Gasteiger partial charge in [-0.3, -0.25) is 0 Å². The molecule has 0 heterocycles. The van der Waals surface area contributed by atoms with Crippen LogP contribution in [-0.4, -0.2) is 13.2 Å². The summed E-state index contributed by atoms with van der Waals surface area (Å²) >= 11 is 3.45. The van der Waals surface area contributed by atoms with E-state index in [1.807, 2.05) is 6.07 Å². The van der Waals surface area contributed by atoms with Crippen molar-refractivity contribution in [2.24, 2.45) is 11.1 Å². The molecule has 3 heteroatoms. The minimum absolute atomic E-state index is 0.221. The van der Waals surface area contributed by atoms with E-state index in [-0.39, 0.29) is 11.5 Å². The molecule has 2 nitrogen and oxygen atoms in total. The summed E-state index contributed by atoms with van der Waals surface area (Å²) in [7, 11) is 1.68. The molecule has 15 heavy (non-hydrogen) atoms. The third kappa shape index (κ3) is 1.68. The van der Waals surface area contributed by atoms with Crippen molar-refractivity contribution in [2.45, 2.75) is 25.8 Å². The van der Waals surface area contributed by atoms with Crippen molar-refractivity contribution in [1.82, 2.24) is 0 Å². The van der Waals surface area contributed by atoms with Crippen molar-refractivity contribution >= 4 is 15.9 Å². The lowest BCUT2D eigenvalue weighted by atomic mass is 10.0. The largest absolute Gasteiger partial charge is 0.496 e. The van der Waals surface area contributed by atoms with Crippen molar-refractivity contribution in [3.8, 4) is 5.75 Å². The number of hydrogen-bond acceptors (Lipinski definition) is 2. The topological polar surface area (TPSA) is 35.2 Å². The fourth-order valence-corrected chi connectivity index (χ4v) is 2.59. The summed E-state index contributed by atoms with van der Waals surface area (Å²) in [5.74, 6) is 1.34. The van der Waals surface area contributed by atoms with Gasteiger partial charge in [-0.1, -0.05) is 19.9 Å². The van der Waals surface area contributed by atoms with Crippen LogP contribution in [0.3, 0.4) is 0 Å². The average molecular weight is 270 g/mol. The Balaban J connectivity index is 2.32. The van der Waals surface area contributed by atoms with E-state index in [0.717, 1.165) is 10.2 Å². The van der Waals surface area contributed by atoms with Crippen LogP contribution in [0.5, 0.6) is 5.75 Å². The van der Waals surface area contributed by atoms with Crippen LogP contribution in [0.4, 0.5) is 0 Å². The van der Waals surface area contributed by atoms with E-state index in [0.29, 0.717) is 5.92 Å². The Hall–Kier alpha value is -0.540. The van der Waals surface area contributed by atoms with Crippen LogP contribution in [0.2, 0.25) is 0 Å². The molecule has 0 aliphatic heterocycles. The summed E-state index contributed by atoms with van der Waals surface area (Å²) in [5.41, 5.74) is 7.55. The highest BCUT2D eigenvalue weighted by atomic mass is 79.9. The van der Waals surface area contributed by atoms with Crippen LogP contribution in [0.1, 0.15) is 25.3 Å². The number of benzene rings is 1.